The van der Waals surface area contributed by atoms with E-state index in [1.807, 2.05) is 0 Å². The summed E-state index contributed by atoms with van der Waals surface area (Å²) in [5, 5.41) is 0. The minimum Gasteiger partial charge on any atom is -0.331 e. The van der Waals surface area contributed by atoms with Crippen LogP contribution >= 0.6 is 0 Å². The molecule has 0 bridgehead atoms. The van der Waals surface area contributed by atoms with Crippen LogP contribution in [0.3, 0.4) is 0 Å². The van der Waals surface area contributed by atoms with E-state index in [4.69, 9.17) is 5.73 Å². The minimum atomic E-state index is 0.473. The van der Waals surface area contributed by atoms with E-state index in [0.29, 0.717) is 6.04 Å². The largest absolute Gasteiger partial charge is 0.331 e. The topological polar surface area (TPSA) is 29.3 Å². The normalized spacial score (nSPS) is 33.4. The highest BCUT2D eigenvalue weighted by Crippen LogP contribution is 2.03. The molecule has 1 aliphatic heterocycles. The van der Waals surface area contributed by atoms with Gasteiger partial charge in [-0.05, 0) is 19.4 Å². The van der Waals surface area contributed by atoms with Gasteiger partial charge in [0.05, 0.1) is 10.4 Å². The molecule has 0 amide bonds. The fraction of sp³-hybridized carbons (Fsp3) is 1.00. The molecule has 2 nitrogen and oxygen atoms in total. The number of rotatable bonds is 0. The Kier molecular flexibility index (Phi) is 2.05. The van der Waals surface area contributed by atoms with Gasteiger partial charge in [0.2, 0.25) is 0 Å². The second-order valence-electron chi connectivity index (χ2n) is 2.66. The van der Waals surface area contributed by atoms with E-state index in [1.165, 1.54) is 29.8 Å². The summed E-state index contributed by atoms with van der Waals surface area (Å²) >= 11 is 0. The average Bonchev–Trinajstić information content (AvgIpc) is 1.64. The summed E-state index contributed by atoms with van der Waals surface area (Å²) in [7, 11) is 1.19. The van der Waals surface area contributed by atoms with E-state index < -0.39 is 0 Å². The van der Waals surface area contributed by atoms with Crippen molar-refractivity contribution in [3.63, 3.8) is 0 Å². The van der Waals surface area contributed by atoms with E-state index in [2.05, 4.69) is 4.57 Å². The maximum atomic E-state index is 5.71. The number of hydrogen-bond acceptors (Lipinski definition) is 2. The molecule has 0 aromatic heterocycles. The van der Waals surface area contributed by atoms with Gasteiger partial charge in [-0.2, -0.15) is 0 Å². The van der Waals surface area contributed by atoms with E-state index in [0.717, 1.165) is 6.54 Å². The maximum Gasteiger partial charge on any atom is 0.0785 e. The molecular weight excluding hydrogens is 116 g/mol. The van der Waals surface area contributed by atoms with E-state index in [1.54, 1.807) is 0 Å². The summed E-state index contributed by atoms with van der Waals surface area (Å²) < 4.78 is 2.42. The number of nitrogens with two attached hydrogens (primary N) is 1. The van der Waals surface area contributed by atoms with Gasteiger partial charge in [0.25, 0.3) is 0 Å². The zero-order valence-electron chi connectivity index (χ0n) is 5.43. The van der Waals surface area contributed by atoms with Crippen LogP contribution < -0.4 is 5.73 Å². The molecular formula is C5H14N2Si. The fourth-order valence-corrected chi connectivity index (χ4v) is 1.99. The minimum absolute atomic E-state index is 0.473. The van der Waals surface area contributed by atoms with Gasteiger partial charge in [0, 0.05) is 12.6 Å². The van der Waals surface area contributed by atoms with Gasteiger partial charge < -0.3 is 10.3 Å². The molecule has 0 spiro atoms. The molecule has 1 rings (SSSR count). The Morgan fingerprint density at radius 2 is 2.38 bits per heavy atom. The van der Waals surface area contributed by atoms with Crippen LogP contribution in [0.1, 0.15) is 12.8 Å². The predicted octanol–water partition coefficient (Wildman–Crippen LogP) is -1.31. The SMILES string of the molecule is NC1CCCN([SiH3])C1. The Hall–Kier alpha value is 0.137. The van der Waals surface area contributed by atoms with Crippen LogP contribution in [0, 0.1) is 0 Å². The van der Waals surface area contributed by atoms with Crippen molar-refractivity contribution >= 4 is 10.4 Å². The Morgan fingerprint density at radius 3 is 2.75 bits per heavy atom. The van der Waals surface area contributed by atoms with Crippen LogP contribution in [0.2, 0.25) is 0 Å². The lowest BCUT2D eigenvalue weighted by atomic mass is 10.1. The van der Waals surface area contributed by atoms with Gasteiger partial charge in [-0.15, -0.1) is 0 Å². The molecule has 0 aliphatic carbocycles. The summed E-state index contributed by atoms with van der Waals surface area (Å²) in [5.74, 6) is 0. The maximum absolute atomic E-state index is 5.71. The van der Waals surface area contributed by atoms with Gasteiger partial charge in [0.1, 0.15) is 0 Å². The Bertz CT molecular complexity index is 68.8. The predicted molar refractivity (Wildman–Crippen MR) is 38.7 cm³/mol. The molecule has 0 radical (unpaired) electrons. The zero-order chi connectivity index (χ0) is 5.98. The lowest BCUT2D eigenvalue weighted by Crippen LogP contribution is -2.41. The molecule has 1 saturated heterocycles. The van der Waals surface area contributed by atoms with Crippen LogP contribution in [0.5, 0.6) is 0 Å². The van der Waals surface area contributed by atoms with Gasteiger partial charge in [-0.3, -0.25) is 0 Å². The fourth-order valence-electron chi connectivity index (χ4n) is 1.21. The van der Waals surface area contributed by atoms with Gasteiger partial charge >= 0.3 is 0 Å². The monoisotopic (exact) mass is 130 g/mol. The quantitative estimate of drug-likeness (QED) is 0.413. The third-order valence-electron chi connectivity index (χ3n) is 1.66. The van der Waals surface area contributed by atoms with Crippen molar-refractivity contribution in [3.8, 4) is 0 Å². The van der Waals surface area contributed by atoms with Gasteiger partial charge in [-0.25, -0.2) is 0 Å². The summed E-state index contributed by atoms with van der Waals surface area (Å²) in [4.78, 5) is 0. The van der Waals surface area contributed by atoms with E-state index in [9.17, 15) is 0 Å². The van der Waals surface area contributed by atoms with Crippen LogP contribution in [-0.4, -0.2) is 34.1 Å². The van der Waals surface area contributed by atoms with Crippen molar-refractivity contribution in [1.29, 1.82) is 0 Å². The smallest absolute Gasteiger partial charge is 0.0785 e. The summed E-state index contributed by atoms with van der Waals surface area (Å²) in [5.41, 5.74) is 5.71. The first-order chi connectivity index (χ1) is 3.79. The molecule has 1 heterocycles. The molecule has 0 aromatic carbocycles. The molecule has 1 atom stereocenters. The van der Waals surface area contributed by atoms with E-state index >= 15 is 0 Å². The molecule has 3 heteroatoms. The molecule has 48 valence electrons. The third kappa shape index (κ3) is 1.58. The van der Waals surface area contributed by atoms with Crippen molar-refractivity contribution in [2.45, 2.75) is 18.9 Å². The highest BCUT2D eigenvalue weighted by atomic mass is 28.2. The first-order valence-corrected chi connectivity index (χ1v) is 4.12. The molecule has 8 heavy (non-hydrogen) atoms. The highest BCUT2D eigenvalue weighted by Gasteiger charge is 2.11. The second-order valence-corrected chi connectivity index (χ2v) is 3.93. The van der Waals surface area contributed by atoms with Gasteiger partial charge in [0.15, 0.2) is 0 Å². The van der Waals surface area contributed by atoms with Crippen LogP contribution in [0.4, 0.5) is 0 Å². The third-order valence-corrected chi connectivity index (χ3v) is 2.47. The van der Waals surface area contributed by atoms with Crippen molar-refractivity contribution in [3.05, 3.63) is 0 Å². The number of hydrogen-bond donors (Lipinski definition) is 1. The van der Waals surface area contributed by atoms with Crippen molar-refractivity contribution < 1.29 is 0 Å². The van der Waals surface area contributed by atoms with Crippen LogP contribution in [0.15, 0.2) is 0 Å². The summed E-state index contributed by atoms with van der Waals surface area (Å²) in [6.07, 6.45) is 2.55. The average molecular weight is 130 g/mol. The van der Waals surface area contributed by atoms with E-state index in [-0.39, 0.29) is 0 Å². The van der Waals surface area contributed by atoms with Crippen molar-refractivity contribution in [2.24, 2.45) is 5.73 Å². The van der Waals surface area contributed by atoms with Crippen molar-refractivity contribution in [1.82, 2.24) is 4.57 Å². The first-order valence-electron chi connectivity index (χ1n) is 3.23. The second kappa shape index (κ2) is 2.62. The van der Waals surface area contributed by atoms with Crippen LogP contribution in [-0.2, 0) is 0 Å². The number of piperidine rings is 1. The van der Waals surface area contributed by atoms with Crippen LogP contribution in [0.25, 0.3) is 0 Å². The Morgan fingerprint density at radius 1 is 1.62 bits per heavy atom. The Labute approximate surface area is 53.5 Å². The molecule has 2 N–H and O–H groups in total. The molecule has 1 aliphatic rings. The molecule has 1 unspecified atom stereocenters. The molecule has 1 fully saturated rings. The standard InChI is InChI=1S/C5H14N2Si/c6-5-2-1-3-7(8)4-5/h5H,1-4,6H2,8H3. The first kappa shape index (κ1) is 6.26. The lowest BCUT2D eigenvalue weighted by molar-refractivity contribution is 0.331. The summed E-state index contributed by atoms with van der Waals surface area (Å²) in [6, 6.07) is 0.473. The lowest BCUT2D eigenvalue weighted by Gasteiger charge is -2.26. The summed E-state index contributed by atoms with van der Waals surface area (Å²) in [6.45, 7) is 2.44. The van der Waals surface area contributed by atoms with Crippen molar-refractivity contribution in [2.75, 3.05) is 13.1 Å². The number of nitrogens with zero attached hydrogens (tertiary/aromatic N) is 1. The van der Waals surface area contributed by atoms with Gasteiger partial charge in [-0.1, -0.05) is 0 Å². The molecule has 0 saturated carbocycles. The zero-order valence-corrected chi connectivity index (χ0v) is 7.43. The molecule has 0 aromatic rings. The Balaban J connectivity index is 2.23. The highest BCUT2D eigenvalue weighted by molar-refractivity contribution is 6.04.